The first-order chi connectivity index (χ1) is 12.0. The van der Waals surface area contributed by atoms with Crippen LogP contribution in [-0.2, 0) is 9.53 Å². The van der Waals surface area contributed by atoms with Crippen molar-refractivity contribution in [2.24, 2.45) is 0 Å². The van der Waals surface area contributed by atoms with Crippen molar-refractivity contribution in [1.29, 1.82) is 0 Å². The Labute approximate surface area is 158 Å². The lowest BCUT2D eigenvalue weighted by Gasteiger charge is -2.07. The maximum absolute atomic E-state index is 11.9. The largest absolute Gasteiger partial charge is 0.497 e. The number of methoxy groups -OCH3 is 2. The topological polar surface area (TPSA) is 44.8 Å². The Morgan fingerprint density at radius 2 is 1.80 bits per heavy atom. The summed E-state index contributed by atoms with van der Waals surface area (Å²) in [5, 5.41) is 0.0593. The minimum Gasteiger partial charge on any atom is -0.497 e. The second kappa shape index (κ2) is 7.33. The molecule has 1 aliphatic heterocycles. The van der Waals surface area contributed by atoms with Gasteiger partial charge in [0, 0.05) is 0 Å². The molecule has 0 spiro atoms. The van der Waals surface area contributed by atoms with E-state index in [1.54, 1.807) is 32.4 Å². The summed E-state index contributed by atoms with van der Waals surface area (Å²) in [5.74, 6) is 1.27. The van der Waals surface area contributed by atoms with E-state index in [0.29, 0.717) is 11.3 Å². The van der Waals surface area contributed by atoms with Crippen molar-refractivity contribution in [3.63, 3.8) is 0 Å². The Morgan fingerprint density at radius 1 is 1.08 bits per heavy atom. The molecule has 4 nitrogen and oxygen atoms in total. The summed E-state index contributed by atoms with van der Waals surface area (Å²) >= 11 is 9.62. The SMILES string of the molecule is COc1ccc(C2=C(Cl)C(=O)O/C2=C\c2ccc(OC)c(Br)c2)cc1. The number of allylic oxidation sites excluding steroid dienone is 1. The van der Waals surface area contributed by atoms with Gasteiger partial charge in [0.15, 0.2) is 0 Å². The third-order valence-corrected chi connectivity index (χ3v) is 4.66. The van der Waals surface area contributed by atoms with Crippen LogP contribution in [-0.4, -0.2) is 20.2 Å². The Hall–Kier alpha value is -2.24. The first-order valence-corrected chi connectivity index (χ1v) is 8.52. The monoisotopic (exact) mass is 420 g/mol. The molecule has 0 aromatic heterocycles. The predicted octanol–water partition coefficient (Wildman–Crippen LogP) is 5.01. The first kappa shape index (κ1) is 17.6. The molecule has 0 aliphatic carbocycles. The quantitative estimate of drug-likeness (QED) is 0.651. The molecule has 1 heterocycles. The maximum Gasteiger partial charge on any atom is 0.355 e. The van der Waals surface area contributed by atoms with Gasteiger partial charge in [-0.2, -0.15) is 0 Å². The molecule has 0 unspecified atom stereocenters. The third kappa shape index (κ3) is 3.57. The second-order valence-electron chi connectivity index (χ2n) is 5.21. The van der Waals surface area contributed by atoms with Gasteiger partial charge in [-0.3, -0.25) is 0 Å². The highest BCUT2D eigenvalue weighted by atomic mass is 79.9. The van der Waals surface area contributed by atoms with Gasteiger partial charge < -0.3 is 14.2 Å². The van der Waals surface area contributed by atoms with Gasteiger partial charge in [0.25, 0.3) is 0 Å². The number of benzene rings is 2. The first-order valence-electron chi connectivity index (χ1n) is 7.35. The van der Waals surface area contributed by atoms with Gasteiger partial charge in [-0.15, -0.1) is 0 Å². The van der Waals surface area contributed by atoms with Crippen LogP contribution in [0.5, 0.6) is 11.5 Å². The van der Waals surface area contributed by atoms with Crippen molar-refractivity contribution >= 4 is 45.1 Å². The lowest BCUT2D eigenvalue weighted by Crippen LogP contribution is -1.93. The summed E-state index contributed by atoms with van der Waals surface area (Å²) < 4.78 is 16.5. The molecule has 0 N–H and O–H groups in total. The number of hydrogen-bond donors (Lipinski definition) is 0. The summed E-state index contributed by atoms with van der Waals surface area (Å²) in [6.07, 6.45) is 1.76. The van der Waals surface area contributed by atoms with Gasteiger partial charge in [0.1, 0.15) is 22.3 Å². The fourth-order valence-corrected chi connectivity index (χ4v) is 3.26. The molecule has 3 rings (SSSR count). The molecule has 2 aromatic carbocycles. The van der Waals surface area contributed by atoms with Gasteiger partial charge in [-0.1, -0.05) is 29.8 Å². The molecule has 2 aromatic rings. The summed E-state index contributed by atoms with van der Waals surface area (Å²) in [6.45, 7) is 0. The summed E-state index contributed by atoms with van der Waals surface area (Å²) in [6, 6.07) is 12.8. The highest BCUT2D eigenvalue weighted by molar-refractivity contribution is 9.10. The third-order valence-electron chi connectivity index (χ3n) is 3.70. The lowest BCUT2D eigenvalue weighted by atomic mass is 10.0. The van der Waals surface area contributed by atoms with Crippen molar-refractivity contribution in [3.8, 4) is 11.5 Å². The van der Waals surface area contributed by atoms with Crippen molar-refractivity contribution in [2.45, 2.75) is 0 Å². The van der Waals surface area contributed by atoms with E-state index >= 15 is 0 Å². The van der Waals surface area contributed by atoms with Gasteiger partial charge in [-0.05, 0) is 57.4 Å². The number of hydrogen-bond acceptors (Lipinski definition) is 4. The van der Waals surface area contributed by atoms with Crippen LogP contribution in [0.3, 0.4) is 0 Å². The Kier molecular flexibility index (Phi) is 5.16. The van der Waals surface area contributed by atoms with Crippen LogP contribution in [0.15, 0.2) is 57.7 Å². The normalized spacial score (nSPS) is 15.5. The smallest absolute Gasteiger partial charge is 0.355 e. The average Bonchev–Trinajstić information content (AvgIpc) is 2.89. The number of carbonyl (C=O) groups is 1. The number of carbonyl (C=O) groups excluding carboxylic acids is 1. The molecule has 0 fully saturated rings. The van der Waals surface area contributed by atoms with E-state index in [-0.39, 0.29) is 5.03 Å². The van der Waals surface area contributed by atoms with Crippen molar-refractivity contribution in [1.82, 2.24) is 0 Å². The number of halogens is 2. The van der Waals surface area contributed by atoms with E-state index in [0.717, 1.165) is 27.1 Å². The van der Waals surface area contributed by atoms with E-state index < -0.39 is 5.97 Å². The molecule has 1 aliphatic rings. The van der Waals surface area contributed by atoms with E-state index in [1.807, 2.05) is 30.3 Å². The van der Waals surface area contributed by atoms with E-state index in [1.165, 1.54) is 0 Å². The summed E-state index contributed by atoms with van der Waals surface area (Å²) in [4.78, 5) is 11.9. The van der Waals surface area contributed by atoms with Crippen LogP contribution in [0.1, 0.15) is 11.1 Å². The predicted molar refractivity (Wildman–Crippen MR) is 101 cm³/mol. The number of rotatable bonds is 4. The molecule has 0 saturated heterocycles. The molecular weight excluding hydrogens is 408 g/mol. The minimum absolute atomic E-state index is 0.0593. The summed E-state index contributed by atoms with van der Waals surface area (Å²) in [5.41, 5.74) is 2.17. The average molecular weight is 422 g/mol. The Bertz CT molecular complexity index is 885. The molecule has 6 heteroatoms. The molecule has 25 heavy (non-hydrogen) atoms. The lowest BCUT2D eigenvalue weighted by molar-refractivity contribution is -0.132. The molecule has 0 amide bonds. The van der Waals surface area contributed by atoms with Gasteiger partial charge >= 0.3 is 5.97 Å². The fraction of sp³-hybridized carbons (Fsp3) is 0.105. The number of ether oxygens (including phenoxy) is 3. The highest BCUT2D eigenvalue weighted by Gasteiger charge is 2.29. The molecule has 0 saturated carbocycles. The molecule has 128 valence electrons. The van der Waals surface area contributed by atoms with Crippen molar-refractivity contribution in [3.05, 3.63) is 68.9 Å². The zero-order chi connectivity index (χ0) is 18.0. The molecule has 0 atom stereocenters. The zero-order valence-electron chi connectivity index (χ0n) is 13.5. The summed E-state index contributed by atoms with van der Waals surface area (Å²) in [7, 11) is 3.19. The maximum atomic E-state index is 11.9. The van der Waals surface area contributed by atoms with E-state index in [4.69, 9.17) is 25.8 Å². The van der Waals surface area contributed by atoms with Crippen LogP contribution in [0.25, 0.3) is 11.6 Å². The van der Waals surface area contributed by atoms with E-state index in [2.05, 4.69) is 15.9 Å². The van der Waals surface area contributed by atoms with E-state index in [9.17, 15) is 4.79 Å². The fourth-order valence-electron chi connectivity index (χ4n) is 2.46. The highest BCUT2D eigenvalue weighted by Crippen LogP contribution is 2.38. The standard InChI is InChI=1S/C19H14BrClO4/c1-23-13-6-4-12(5-7-13)17-16(25-19(22)18(17)21)10-11-3-8-15(24-2)14(20)9-11/h3-10H,1-2H3/b16-10-. The molecule has 0 radical (unpaired) electrons. The van der Waals surface area contributed by atoms with Gasteiger partial charge in [0.2, 0.25) is 0 Å². The van der Waals surface area contributed by atoms with Gasteiger partial charge in [0.05, 0.1) is 24.3 Å². The minimum atomic E-state index is -0.564. The van der Waals surface area contributed by atoms with Crippen molar-refractivity contribution < 1.29 is 19.0 Å². The molecular formula is C19H14BrClO4. The Morgan fingerprint density at radius 3 is 2.40 bits per heavy atom. The van der Waals surface area contributed by atoms with Crippen LogP contribution in [0.2, 0.25) is 0 Å². The second-order valence-corrected chi connectivity index (χ2v) is 6.44. The van der Waals surface area contributed by atoms with Crippen LogP contribution in [0.4, 0.5) is 0 Å². The number of esters is 1. The van der Waals surface area contributed by atoms with Crippen LogP contribution < -0.4 is 9.47 Å². The Balaban J connectivity index is 2.02. The van der Waals surface area contributed by atoms with Crippen LogP contribution in [0, 0.1) is 0 Å². The van der Waals surface area contributed by atoms with Crippen LogP contribution >= 0.6 is 27.5 Å². The zero-order valence-corrected chi connectivity index (χ0v) is 15.8. The number of cyclic esters (lactones) is 1. The van der Waals surface area contributed by atoms with Crippen molar-refractivity contribution in [2.75, 3.05) is 14.2 Å². The molecule has 0 bridgehead atoms. The van der Waals surface area contributed by atoms with Gasteiger partial charge in [-0.25, -0.2) is 4.79 Å².